The molecule has 0 fully saturated rings. The molecule has 1 aromatic carbocycles. The van der Waals surface area contributed by atoms with Gasteiger partial charge in [0.1, 0.15) is 0 Å². The molecule has 0 atom stereocenters. The van der Waals surface area contributed by atoms with Crippen LogP contribution in [-0.2, 0) is 0 Å². The highest BCUT2D eigenvalue weighted by molar-refractivity contribution is 5.69. The Balaban J connectivity index is 2.46. The summed E-state index contributed by atoms with van der Waals surface area (Å²) in [7, 11) is 0. The number of allylic oxidation sites excluding steroid dienone is 4. The molecule has 1 aliphatic rings. The van der Waals surface area contributed by atoms with Crippen molar-refractivity contribution in [2.24, 2.45) is 5.41 Å². The molecular weight excluding hydrogens is 282 g/mol. The highest BCUT2D eigenvalue weighted by atomic mass is 19.4. The molecule has 2 rings (SSSR count). The van der Waals surface area contributed by atoms with Gasteiger partial charge in [-0.15, -0.1) is 0 Å². The molecule has 1 aromatic rings. The highest BCUT2D eigenvalue weighted by Crippen LogP contribution is 2.57. The summed E-state index contributed by atoms with van der Waals surface area (Å²) in [5.41, 5.74) is -3.45. The first-order valence-electron chi connectivity index (χ1n) is 5.75. The summed E-state index contributed by atoms with van der Waals surface area (Å²) in [5.74, 6) is 0. The first-order chi connectivity index (χ1) is 9.17. The van der Waals surface area contributed by atoms with Crippen molar-refractivity contribution in [1.82, 2.24) is 0 Å². The van der Waals surface area contributed by atoms with Crippen molar-refractivity contribution in [3.8, 4) is 0 Å². The van der Waals surface area contributed by atoms with Crippen LogP contribution in [0.5, 0.6) is 0 Å². The number of halogens is 6. The summed E-state index contributed by atoms with van der Waals surface area (Å²) >= 11 is 0. The summed E-state index contributed by atoms with van der Waals surface area (Å²) < 4.78 is 77.9. The molecule has 0 nitrogen and oxygen atoms in total. The molecular formula is C14H10F6. The van der Waals surface area contributed by atoms with Gasteiger partial charge >= 0.3 is 12.4 Å². The van der Waals surface area contributed by atoms with E-state index in [0.29, 0.717) is 5.56 Å². The van der Waals surface area contributed by atoms with Crippen molar-refractivity contribution in [2.75, 3.05) is 0 Å². The Bertz CT molecular complexity index is 519. The van der Waals surface area contributed by atoms with Crippen molar-refractivity contribution >= 4 is 5.57 Å². The lowest BCUT2D eigenvalue weighted by Crippen LogP contribution is -2.49. The largest absolute Gasteiger partial charge is 0.406 e. The molecule has 0 unspecified atom stereocenters. The first kappa shape index (κ1) is 14.7. The van der Waals surface area contributed by atoms with Crippen LogP contribution < -0.4 is 0 Å². The zero-order valence-electron chi connectivity index (χ0n) is 10.1. The smallest absolute Gasteiger partial charge is 0.170 e. The van der Waals surface area contributed by atoms with Crippen molar-refractivity contribution in [3.05, 3.63) is 54.1 Å². The van der Waals surface area contributed by atoms with Crippen molar-refractivity contribution < 1.29 is 26.3 Å². The summed E-state index contributed by atoms with van der Waals surface area (Å²) in [6, 6.07) is 7.75. The molecule has 0 aromatic heterocycles. The number of hydrogen-bond acceptors (Lipinski definition) is 0. The highest BCUT2D eigenvalue weighted by Gasteiger charge is 2.69. The average molecular weight is 292 g/mol. The molecule has 1 aliphatic carbocycles. The molecule has 0 heterocycles. The molecule has 0 N–H and O–H groups in total. The summed E-state index contributed by atoms with van der Waals surface area (Å²) in [6.07, 6.45) is -9.62. The van der Waals surface area contributed by atoms with Crippen LogP contribution in [-0.4, -0.2) is 12.4 Å². The third-order valence-electron chi connectivity index (χ3n) is 3.30. The minimum absolute atomic E-state index is 0.0164. The van der Waals surface area contributed by atoms with E-state index in [1.165, 1.54) is 18.2 Å². The van der Waals surface area contributed by atoms with E-state index < -0.39 is 24.2 Å². The topological polar surface area (TPSA) is 0 Å². The van der Waals surface area contributed by atoms with Crippen molar-refractivity contribution in [3.63, 3.8) is 0 Å². The van der Waals surface area contributed by atoms with E-state index in [1.807, 2.05) is 0 Å². The van der Waals surface area contributed by atoms with Gasteiger partial charge in [-0.1, -0.05) is 48.6 Å². The van der Waals surface area contributed by atoms with Gasteiger partial charge in [-0.25, -0.2) is 0 Å². The number of alkyl halides is 6. The van der Waals surface area contributed by atoms with E-state index in [4.69, 9.17) is 0 Å². The van der Waals surface area contributed by atoms with Crippen LogP contribution in [0.15, 0.2) is 48.6 Å². The zero-order valence-corrected chi connectivity index (χ0v) is 10.1. The molecule has 20 heavy (non-hydrogen) atoms. The second kappa shape index (κ2) is 4.68. The monoisotopic (exact) mass is 292 g/mol. The van der Waals surface area contributed by atoms with E-state index in [2.05, 4.69) is 0 Å². The minimum atomic E-state index is -5.39. The lowest BCUT2D eigenvalue weighted by molar-refractivity contribution is -0.319. The molecule has 0 radical (unpaired) electrons. The van der Waals surface area contributed by atoms with Gasteiger partial charge in [0.05, 0.1) is 0 Å². The predicted octanol–water partition coefficient (Wildman–Crippen LogP) is 5.14. The minimum Gasteiger partial charge on any atom is -0.170 e. The van der Waals surface area contributed by atoms with Gasteiger partial charge in [0.25, 0.3) is 0 Å². The average Bonchev–Trinajstić information content (AvgIpc) is 2.37. The van der Waals surface area contributed by atoms with E-state index in [9.17, 15) is 26.3 Å². The van der Waals surface area contributed by atoms with Crippen LogP contribution in [0.3, 0.4) is 0 Å². The second-order valence-electron chi connectivity index (χ2n) is 4.56. The van der Waals surface area contributed by atoms with Gasteiger partial charge in [0.15, 0.2) is 5.41 Å². The lowest BCUT2D eigenvalue weighted by Gasteiger charge is -2.37. The number of hydrogen-bond donors (Lipinski definition) is 0. The van der Waals surface area contributed by atoms with Crippen LogP contribution in [0.2, 0.25) is 0 Å². The Morgan fingerprint density at radius 2 is 1.40 bits per heavy atom. The fraction of sp³-hybridized carbons (Fsp3) is 0.286. The Hall–Kier alpha value is -1.72. The molecule has 108 valence electrons. The maximum absolute atomic E-state index is 13.0. The molecule has 0 spiro atoms. The lowest BCUT2D eigenvalue weighted by atomic mass is 9.75. The molecule has 0 saturated carbocycles. The fourth-order valence-corrected chi connectivity index (χ4v) is 2.15. The van der Waals surface area contributed by atoms with Crippen LogP contribution in [0.4, 0.5) is 26.3 Å². The SMILES string of the molecule is FC(F)(F)C1(C(F)(F)F)C=CC=C(c2ccccc2)C1. The summed E-state index contributed by atoms with van der Waals surface area (Å²) in [4.78, 5) is 0. The maximum Gasteiger partial charge on any atom is 0.406 e. The quantitative estimate of drug-likeness (QED) is 0.629. The van der Waals surface area contributed by atoms with Crippen molar-refractivity contribution in [2.45, 2.75) is 18.8 Å². The molecule has 0 saturated heterocycles. The number of rotatable bonds is 1. The fourth-order valence-electron chi connectivity index (χ4n) is 2.15. The molecule has 0 aliphatic heterocycles. The van der Waals surface area contributed by atoms with Gasteiger partial charge in [0.2, 0.25) is 0 Å². The Kier molecular flexibility index (Phi) is 3.44. The molecule has 0 bridgehead atoms. The first-order valence-corrected chi connectivity index (χ1v) is 5.75. The summed E-state index contributed by atoms with van der Waals surface area (Å²) in [6.45, 7) is 0. The van der Waals surface area contributed by atoms with Gasteiger partial charge in [-0.3, -0.25) is 0 Å². The third-order valence-corrected chi connectivity index (χ3v) is 3.30. The van der Waals surface area contributed by atoms with Gasteiger partial charge < -0.3 is 0 Å². The zero-order chi connectivity index (χ0) is 15.0. The van der Waals surface area contributed by atoms with E-state index in [1.54, 1.807) is 18.2 Å². The van der Waals surface area contributed by atoms with Crippen LogP contribution in [0.1, 0.15) is 12.0 Å². The normalized spacial score (nSPS) is 18.8. The maximum atomic E-state index is 13.0. The van der Waals surface area contributed by atoms with Crippen LogP contribution in [0.25, 0.3) is 5.57 Å². The van der Waals surface area contributed by atoms with Crippen LogP contribution in [0, 0.1) is 5.41 Å². The standard InChI is InChI=1S/C14H10F6/c15-13(16,17)12(14(18,19)20)8-4-7-11(9-12)10-5-2-1-3-6-10/h1-8H,9H2. The van der Waals surface area contributed by atoms with E-state index in [0.717, 1.165) is 6.08 Å². The Labute approximate surface area is 111 Å². The third kappa shape index (κ3) is 2.34. The Morgan fingerprint density at radius 1 is 0.850 bits per heavy atom. The molecule has 0 amide bonds. The van der Waals surface area contributed by atoms with E-state index in [-0.39, 0.29) is 11.6 Å². The van der Waals surface area contributed by atoms with Gasteiger partial charge in [0, 0.05) is 0 Å². The molecule has 6 heteroatoms. The van der Waals surface area contributed by atoms with Crippen molar-refractivity contribution in [1.29, 1.82) is 0 Å². The predicted molar refractivity (Wildman–Crippen MR) is 62.7 cm³/mol. The van der Waals surface area contributed by atoms with Crippen LogP contribution >= 0.6 is 0 Å². The summed E-state index contributed by atoms with van der Waals surface area (Å²) in [5, 5.41) is 0. The van der Waals surface area contributed by atoms with E-state index >= 15 is 0 Å². The Morgan fingerprint density at radius 3 is 1.90 bits per heavy atom. The number of benzene rings is 1. The second-order valence-corrected chi connectivity index (χ2v) is 4.56. The van der Waals surface area contributed by atoms with Gasteiger partial charge in [-0.2, -0.15) is 26.3 Å². The van der Waals surface area contributed by atoms with Gasteiger partial charge in [-0.05, 0) is 17.6 Å².